The molecule has 0 atom stereocenters. The summed E-state index contributed by atoms with van der Waals surface area (Å²) in [7, 11) is 0. The van der Waals surface area contributed by atoms with Gasteiger partial charge >= 0.3 is 0 Å². The minimum atomic E-state index is 0.760. The highest BCUT2D eigenvalue weighted by Crippen LogP contribution is 2.37. The van der Waals surface area contributed by atoms with Crippen molar-refractivity contribution in [1.29, 1.82) is 0 Å². The number of rotatable bonds is 3. The Morgan fingerprint density at radius 2 is 1.90 bits per heavy atom. The third-order valence-electron chi connectivity index (χ3n) is 4.62. The largest absolute Gasteiger partial charge is 0.256 e. The second kappa shape index (κ2) is 5.78. The predicted octanol–water partition coefficient (Wildman–Crippen LogP) is 5.28. The van der Waals surface area contributed by atoms with E-state index in [1.165, 1.54) is 42.4 Å². The lowest BCUT2D eigenvalue weighted by Crippen LogP contribution is -2.01. The first-order valence-electron chi connectivity index (χ1n) is 7.84. The lowest BCUT2D eigenvalue weighted by molar-refractivity contribution is 0.711. The maximum absolute atomic E-state index is 4.71. The molecule has 2 aromatic rings. The zero-order chi connectivity index (χ0) is 13.9. The normalized spacial score (nSPS) is 15.7. The van der Waals surface area contributed by atoms with E-state index in [9.17, 15) is 0 Å². The third-order valence-corrected chi connectivity index (χ3v) is 4.62. The minimum absolute atomic E-state index is 0.760. The van der Waals surface area contributed by atoms with Gasteiger partial charge in [0.1, 0.15) is 0 Å². The van der Waals surface area contributed by atoms with Crippen molar-refractivity contribution in [3.63, 3.8) is 0 Å². The average Bonchev–Trinajstić information content (AvgIpc) is 3.01. The van der Waals surface area contributed by atoms with Crippen LogP contribution in [0.5, 0.6) is 0 Å². The third kappa shape index (κ3) is 2.49. The van der Waals surface area contributed by atoms with Gasteiger partial charge in [0.25, 0.3) is 0 Å². The molecule has 1 aromatic carbocycles. The molecule has 0 bridgehead atoms. The van der Waals surface area contributed by atoms with Crippen LogP contribution in [0.15, 0.2) is 36.5 Å². The van der Waals surface area contributed by atoms with Crippen LogP contribution in [0.25, 0.3) is 11.3 Å². The highest BCUT2D eigenvalue weighted by atomic mass is 14.7. The molecular weight excluding hydrogens is 242 g/mol. The molecule has 0 saturated heterocycles. The molecule has 1 aliphatic carbocycles. The van der Waals surface area contributed by atoms with E-state index in [1.807, 2.05) is 0 Å². The topological polar surface area (TPSA) is 12.9 Å². The van der Waals surface area contributed by atoms with E-state index in [2.05, 4.69) is 50.4 Å². The smallest absolute Gasteiger partial charge is 0.0707 e. The fourth-order valence-corrected chi connectivity index (χ4v) is 3.42. The van der Waals surface area contributed by atoms with Crippen LogP contribution in [0.3, 0.4) is 0 Å². The number of benzene rings is 1. The molecule has 20 heavy (non-hydrogen) atoms. The molecule has 1 saturated carbocycles. The highest BCUT2D eigenvalue weighted by Gasteiger charge is 2.20. The first-order valence-corrected chi connectivity index (χ1v) is 7.84. The number of aryl methyl sites for hydroxylation is 2. The van der Waals surface area contributed by atoms with Crippen LogP contribution in [-0.2, 0) is 6.42 Å². The maximum atomic E-state index is 4.71. The van der Waals surface area contributed by atoms with Crippen LogP contribution in [0.2, 0.25) is 0 Å². The highest BCUT2D eigenvalue weighted by molar-refractivity contribution is 5.64. The van der Waals surface area contributed by atoms with Gasteiger partial charge in [-0.1, -0.05) is 44.0 Å². The molecule has 104 valence electrons. The van der Waals surface area contributed by atoms with Crippen LogP contribution >= 0.6 is 0 Å². The lowest BCUT2D eigenvalue weighted by atomic mass is 9.91. The summed E-state index contributed by atoms with van der Waals surface area (Å²) in [6.45, 7) is 4.41. The summed E-state index contributed by atoms with van der Waals surface area (Å²) in [6, 6.07) is 10.9. The fourth-order valence-electron chi connectivity index (χ4n) is 3.42. The Morgan fingerprint density at radius 1 is 1.15 bits per heavy atom. The first-order chi connectivity index (χ1) is 9.79. The van der Waals surface area contributed by atoms with E-state index in [0.29, 0.717) is 0 Å². The molecule has 1 heteroatoms. The van der Waals surface area contributed by atoms with Crippen molar-refractivity contribution in [1.82, 2.24) is 4.98 Å². The molecule has 0 aliphatic heterocycles. The van der Waals surface area contributed by atoms with Gasteiger partial charge < -0.3 is 0 Å². The number of nitrogens with zero attached hydrogens (tertiary/aromatic N) is 1. The van der Waals surface area contributed by atoms with Crippen molar-refractivity contribution in [2.45, 2.75) is 51.9 Å². The Morgan fingerprint density at radius 3 is 2.60 bits per heavy atom. The van der Waals surface area contributed by atoms with Gasteiger partial charge in [-0.25, -0.2) is 0 Å². The van der Waals surface area contributed by atoms with E-state index in [4.69, 9.17) is 4.98 Å². The molecule has 1 fully saturated rings. The van der Waals surface area contributed by atoms with Gasteiger partial charge in [-0.2, -0.15) is 0 Å². The van der Waals surface area contributed by atoms with Crippen molar-refractivity contribution in [2.24, 2.45) is 0 Å². The van der Waals surface area contributed by atoms with Crippen LogP contribution in [0, 0.1) is 6.92 Å². The molecular formula is C19H23N. The SMILES string of the molecule is CCc1cnc(-c2ccccc2C)cc1C1CCCC1. The summed E-state index contributed by atoms with van der Waals surface area (Å²) in [5.74, 6) is 0.760. The summed E-state index contributed by atoms with van der Waals surface area (Å²) in [6.07, 6.45) is 8.67. The van der Waals surface area contributed by atoms with Gasteiger partial charge in [0.05, 0.1) is 5.69 Å². The van der Waals surface area contributed by atoms with Crippen molar-refractivity contribution < 1.29 is 0 Å². The molecule has 3 rings (SSSR count). The zero-order valence-electron chi connectivity index (χ0n) is 12.5. The second-order valence-electron chi connectivity index (χ2n) is 5.92. The number of pyridine rings is 1. The van der Waals surface area contributed by atoms with Gasteiger partial charge in [0.15, 0.2) is 0 Å². The van der Waals surface area contributed by atoms with E-state index in [0.717, 1.165) is 18.0 Å². The molecule has 0 spiro atoms. The molecule has 1 aliphatic rings. The van der Waals surface area contributed by atoms with Crippen molar-refractivity contribution in [3.05, 3.63) is 53.2 Å². The Bertz CT molecular complexity index is 594. The summed E-state index contributed by atoms with van der Waals surface area (Å²) < 4.78 is 0. The quantitative estimate of drug-likeness (QED) is 0.736. The minimum Gasteiger partial charge on any atom is -0.256 e. The lowest BCUT2D eigenvalue weighted by Gasteiger charge is -2.16. The Kier molecular flexibility index (Phi) is 3.86. The predicted molar refractivity (Wildman–Crippen MR) is 85.0 cm³/mol. The second-order valence-corrected chi connectivity index (χ2v) is 5.92. The molecule has 0 N–H and O–H groups in total. The average molecular weight is 265 g/mol. The first kappa shape index (κ1) is 13.4. The van der Waals surface area contributed by atoms with E-state index in [-0.39, 0.29) is 0 Å². The molecule has 0 amide bonds. The van der Waals surface area contributed by atoms with Crippen LogP contribution in [0.4, 0.5) is 0 Å². The van der Waals surface area contributed by atoms with Gasteiger partial charge in [-0.05, 0) is 54.9 Å². The summed E-state index contributed by atoms with van der Waals surface area (Å²) >= 11 is 0. The molecule has 1 aromatic heterocycles. The Balaban J connectivity index is 2.05. The number of aromatic nitrogens is 1. The number of hydrogen-bond acceptors (Lipinski definition) is 1. The van der Waals surface area contributed by atoms with Crippen molar-refractivity contribution >= 4 is 0 Å². The van der Waals surface area contributed by atoms with Gasteiger partial charge in [0, 0.05) is 11.8 Å². The van der Waals surface area contributed by atoms with Crippen LogP contribution in [-0.4, -0.2) is 4.98 Å². The van der Waals surface area contributed by atoms with Crippen molar-refractivity contribution in [2.75, 3.05) is 0 Å². The van der Waals surface area contributed by atoms with Gasteiger partial charge in [-0.3, -0.25) is 4.98 Å². The van der Waals surface area contributed by atoms with Gasteiger partial charge in [-0.15, -0.1) is 0 Å². The van der Waals surface area contributed by atoms with Gasteiger partial charge in [0.2, 0.25) is 0 Å². The zero-order valence-corrected chi connectivity index (χ0v) is 12.5. The maximum Gasteiger partial charge on any atom is 0.0707 e. The molecule has 0 radical (unpaired) electrons. The molecule has 0 unspecified atom stereocenters. The van der Waals surface area contributed by atoms with E-state index >= 15 is 0 Å². The van der Waals surface area contributed by atoms with Crippen LogP contribution < -0.4 is 0 Å². The van der Waals surface area contributed by atoms with E-state index in [1.54, 1.807) is 5.56 Å². The fraction of sp³-hybridized carbons (Fsp3) is 0.421. The standard InChI is InChI=1S/C19H23N/c1-3-15-13-20-19(17-11-7-4-8-14(17)2)12-18(15)16-9-5-6-10-16/h4,7-8,11-13,16H,3,5-6,9-10H2,1-2H3. The van der Waals surface area contributed by atoms with E-state index < -0.39 is 0 Å². The Labute approximate surface area is 122 Å². The van der Waals surface area contributed by atoms with Crippen LogP contribution in [0.1, 0.15) is 55.2 Å². The number of hydrogen-bond donors (Lipinski definition) is 0. The Hall–Kier alpha value is -1.63. The summed E-state index contributed by atoms with van der Waals surface area (Å²) in [4.78, 5) is 4.71. The summed E-state index contributed by atoms with van der Waals surface area (Å²) in [5, 5.41) is 0. The molecule has 1 nitrogen and oxygen atoms in total. The monoisotopic (exact) mass is 265 g/mol. The molecule has 1 heterocycles. The summed E-state index contributed by atoms with van der Waals surface area (Å²) in [5.41, 5.74) is 6.71. The van der Waals surface area contributed by atoms with Crippen molar-refractivity contribution in [3.8, 4) is 11.3 Å².